The number of para-hydroxylation sites is 1. The van der Waals surface area contributed by atoms with E-state index < -0.39 is 0 Å². The lowest BCUT2D eigenvalue weighted by Gasteiger charge is -2.12. The number of carbonyl (C=O) groups is 1. The van der Waals surface area contributed by atoms with E-state index in [1.807, 2.05) is 56.3 Å². The molecule has 5 heteroatoms. The predicted molar refractivity (Wildman–Crippen MR) is 110 cm³/mol. The molecule has 0 unspecified atom stereocenters. The van der Waals surface area contributed by atoms with Crippen LogP contribution in [0.5, 0.6) is 0 Å². The van der Waals surface area contributed by atoms with Crippen molar-refractivity contribution in [3.63, 3.8) is 0 Å². The van der Waals surface area contributed by atoms with Crippen LogP contribution in [0.25, 0.3) is 21.7 Å². The average molecular weight is 358 g/mol. The smallest absolute Gasteiger partial charge is 0.242 e. The van der Waals surface area contributed by atoms with Gasteiger partial charge in [0.2, 0.25) is 5.91 Å². The molecule has 0 aliphatic heterocycles. The first kappa shape index (κ1) is 17.1. The molecule has 2 N–H and O–H groups in total. The number of hydrogen-bond donors (Lipinski definition) is 2. The van der Waals surface area contributed by atoms with Crippen LogP contribution in [0.3, 0.4) is 0 Å². The third-order valence-electron chi connectivity index (χ3n) is 4.41. The summed E-state index contributed by atoms with van der Waals surface area (Å²) in [5.74, 6) is 0.763. The molecular weight excluding hydrogens is 336 g/mol. The van der Waals surface area contributed by atoms with E-state index in [-0.39, 0.29) is 18.5 Å². The Labute approximate surface area is 158 Å². The Morgan fingerprint density at radius 2 is 1.70 bits per heavy atom. The number of anilines is 2. The zero-order valence-corrected chi connectivity index (χ0v) is 15.4. The molecule has 0 radical (unpaired) electrons. The summed E-state index contributed by atoms with van der Waals surface area (Å²) in [7, 11) is 0. The normalized spacial score (nSPS) is 11.2. The number of nitrogens with one attached hydrogen (secondary N) is 2. The van der Waals surface area contributed by atoms with Crippen LogP contribution in [0.2, 0.25) is 0 Å². The number of carbonyl (C=O) groups excluding carboxylic acids is 1. The molecule has 1 heterocycles. The maximum atomic E-state index is 12.4. The minimum absolute atomic E-state index is 0.0572. The van der Waals surface area contributed by atoms with Crippen molar-refractivity contribution in [2.24, 2.45) is 0 Å². The van der Waals surface area contributed by atoms with Crippen molar-refractivity contribution in [2.45, 2.75) is 26.4 Å². The third-order valence-corrected chi connectivity index (χ3v) is 4.41. The highest BCUT2D eigenvalue weighted by Gasteiger charge is 2.16. The molecule has 1 amide bonds. The fourth-order valence-electron chi connectivity index (χ4n) is 3.27. The van der Waals surface area contributed by atoms with E-state index in [2.05, 4.69) is 34.9 Å². The second kappa shape index (κ2) is 7.11. The maximum absolute atomic E-state index is 12.4. The van der Waals surface area contributed by atoms with E-state index in [1.54, 1.807) is 4.68 Å². The van der Waals surface area contributed by atoms with Crippen LogP contribution in [-0.2, 0) is 11.3 Å². The maximum Gasteiger partial charge on any atom is 0.242 e. The Balaban J connectivity index is 1.84. The van der Waals surface area contributed by atoms with E-state index in [4.69, 9.17) is 5.10 Å². The molecule has 0 bridgehead atoms. The van der Waals surface area contributed by atoms with Gasteiger partial charge in [0.15, 0.2) is 0 Å². The minimum atomic E-state index is -0.0572. The summed E-state index contributed by atoms with van der Waals surface area (Å²) in [6, 6.07) is 22.3. The summed E-state index contributed by atoms with van der Waals surface area (Å²) in [5, 5.41) is 14.4. The van der Waals surface area contributed by atoms with Crippen LogP contribution in [0.4, 0.5) is 11.5 Å². The number of aromatic nitrogens is 2. The molecule has 0 saturated heterocycles. The lowest BCUT2D eigenvalue weighted by Crippen LogP contribution is -2.33. The topological polar surface area (TPSA) is 59.0 Å². The average Bonchev–Trinajstić information content (AvgIpc) is 2.99. The van der Waals surface area contributed by atoms with Gasteiger partial charge in [-0.2, -0.15) is 5.10 Å². The Morgan fingerprint density at radius 1 is 0.963 bits per heavy atom. The number of benzene rings is 3. The van der Waals surface area contributed by atoms with Gasteiger partial charge < -0.3 is 10.6 Å². The quantitative estimate of drug-likeness (QED) is 0.554. The van der Waals surface area contributed by atoms with Gasteiger partial charge in [-0.25, -0.2) is 4.68 Å². The Bertz CT molecular complexity index is 1100. The van der Waals surface area contributed by atoms with E-state index in [9.17, 15) is 4.79 Å². The summed E-state index contributed by atoms with van der Waals surface area (Å²) in [5.41, 5.74) is 1.85. The zero-order chi connectivity index (χ0) is 18.8. The standard InChI is InChI=1S/C22H22N4O/c1-15(2)23-20(27)14-26-22(24-17-9-4-3-5-10-17)19-13-12-16-8-6-7-11-18(16)21(19)25-26/h3-13,15,24H,14H2,1-2H3,(H,23,27). The molecule has 4 aromatic rings. The number of amides is 1. The Hall–Kier alpha value is -3.34. The van der Waals surface area contributed by atoms with Gasteiger partial charge in [-0.1, -0.05) is 48.5 Å². The van der Waals surface area contributed by atoms with Gasteiger partial charge in [0, 0.05) is 22.5 Å². The van der Waals surface area contributed by atoms with Gasteiger partial charge in [0.1, 0.15) is 17.9 Å². The molecule has 1 aromatic heterocycles. The monoisotopic (exact) mass is 358 g/mol. The fourth-order valence-corrected chi connectivity index (χ4v) is 3.27. The molecule has 0 aliphatic carbocycles. The van der Waals surface area contributed by atoms with Crippen molar-refractivity contribution >= 4 is 39.1 Å². The SMILES string of the molecule is CC(C)NC(=O)Cn1nc2c(ccc3ccccc32)c1Nc1ccccc1. The van der Waals surface area contributed by atoms with Gasteiger partial charge in [-0.15, -0.1) is 0 Å². The van der Waals surface area contributed by atoms with E-state index in [1.165, 1.54) is 0 Å². The molecule has 4 rings (SSSR count). The molecule has 0 atom stereocenters. The summed E-state index contributed by atoms with van der Waals surface area (Å²) in [4.78, 5) is 12.4. The van der Waals surface area contributed by atoms with Crippen LogP contribution in [0, 0.1) is 0 Å². The molecule has 0 saturated carbocycles. The first-order chi connectivity index (χ1) is 13.1. The summed E-state index contributed by atoms with van der Waals surface area (Å²) >= 11 is 0. The van der Waals surface area contributed by atoms with Crippen LogP contribution in [0.15, 0.2) is 66.7 Å². The van der Waals surface area contributed by atoms with Crippen molar-refractivity contribution in [3.05, 3.63) is 66.7 Å². The predicted octanol–water partition coefficient (Wildman–Crippen LogP) is 4.46. The zero-order valence-electron chi connectivity index (χ0n) is 15.4. The molecule has 0 spiro atoms. The number of nitrogens with zero attached hydrogens (tertiary/aromatic N) is 2. The van der Waals surface area contributed by atoms with Gasteiger partial charge in [0.05, 0.1) is 0 Å². The van der Waals surface area contributed by atoms with E-state index in [0.717, 1.165) is 33.2 Å². The highest BCUT2D eigenvalue weighted by Crippen LogP contribution is 2.31. The van der Waals surface area contributed by atoms with Gasteiger partial charge in [0.25, 0.3) is 0 Å². The molecule has 0 aliphatic rings. The third kappa shape index (κ3) is 3.49. The van der Waals surface area contributed by atoms with Gasteiger partial charge >= 0.3 is 0 Å². The second-order valence-corrected chi connectivity index (χ2v) is 6.90. The van der Waals surface area contributed by atoms with Crippen molar-refractivity contribution < 1.29 is 4.79 Å². The fraction of sp³-hybridized carbons (Fsp3) is 0.182. The van der Waals surface area contributed by atoms with Crippen molar-refractivity contribution in [3.8, 4) is 0 Å². The molecule has 27 heavy (non-hydrogen) atoms. The van der Waals surface area contributed by atoms with Crippen LogP contribution in [0.1, 0.15) is 13.8 Å². The van der Waals surface area contributed by atoms with Gasteiger partial charge in [-0.3, -0.25) is 4.79 Å². The lowest BCUT2D eigenvalue weighted by molar-refractivity contribution is -0.122. The highest BCUT2D eigenvalue weighted by molar-refractivity contribution is 6.09. The summed E-state index contributed by atoms with van der Waals surface area (Å²) in [6.45, 7) is 4.07. The number of hydrogen-bond acceptors (Lipinski definition) is 3. The molecule has 5 nitrogen and oxygen atoms in total. The number of fused-ring (bicyclic) bond motifs is 3. The first-order valence-corrected chi connectivity index (χ1v) is 9.11. The van der Waals surface area contributed by atoms with Crippen molar-refractivity contribution in [1.29, 1.82) is 0 Å². The van der Waals surface area contributed by atoms with Crippen LogP contribution in [-0.4, -0.2) is 21.7 Å². The van der Waals surface area contributed by atoms with Crippen LogP contribution < -0.4 is 10.6 Å². The summed E-state index contributed by atoms with van der Waals surface area (Å²) in [6.07, 6.45) is 0. The molecule has 3 aromatic carbocycles. The molecule has 136 valence electrons. The second-order valence-electron chi connectivity index (χ2n) is 6.90. The first-order valence-electron chi connectivity index (χ1n) is 9.11. The molecular formula is C22H22N4O. The van der Waals surface area contributed by atoms with Crippen molar-refractivity contribution in [2.75, 3.05) is 5.32 Å². The largest absolute Gasteiger partial charge is 0.352 e. The van der Waals surface area contributed by atoms with Crippen molar-refractivity contribution in [1.82, 2.24) is 15.1 Å². The van der Waals surface area contributed by atoms with Gasteiger partial charge in [-0.05, 0) is 37.4 Å². The van der Waals surface area contributed by atoms with E-state index in [0.29, 0.717) is 0 Å². The van der Waals surface area contributed by atoms with Crippen LogP contribution >= 0.6 is 0 Å². The minimum Gasteiger partial charge on any atom is -0.352 e. The Morgan fingerprint density at radius 3 is 2.48 bits per heavy atom. The van der Waals surface area contributed by atoms with E-state index >= 15 is 0 Å². The molecule has 0 fully saturated rings. The lowest BCUT2D eigenvalue weighted by atomic mass is 10.1. The Kier molecular flexibility index (Phi) is 4.50. The highest BCUT2D eigenvalue weighted by atomic mass is 16.2. The number of rotatable bonds is 5. The summed E-state index contributed by atoms with van der Waals surface area (Å²) < 4.78 is 1.75.